The van der Waals surface area contributed by atoms with Crippen LogP contribution in [0, 0.1) is 0 Å². The quantitative estimate of drug-likeness (QED) is 0.722. The van der Waals surface area contributed by atoms with Crippen molar-refractivity contribution in [3.05, 3.63) is 63.6 Å². The Bertz CT molecular complexity index is 963. The molecular formula is C19H19Cl2NO3S2. The maximum absolute atomic E-state index is 12.8. The summed E-state index contributed by atoms with van der Waals surface area (Å²) in [6.45, 7) is 1.87. The van der Waals surface area contributed by atoms with Gasteiger partial charge in [-0.1, -0.05) is 41.4 Å². The van der Waals surface area contributed by atoms with Crippen LogP contribution < -0.4 is 5.32 Å². The van der Waals surface area contributed by atoms with Crippen LogP contribution in [0.25, 0.3) is 0 Å². The van der Waals surface area contributed by atoms with Crippen LogP contribution in [0.4, 0.5) is 0 Å². The largest absolute Gasteiger partial charge is 0.345 e. The van der Waals surface area contributed by atoms with Gasteiger partial charge in [-0.25, -0.2) is 8.42 Å². The van der Waals surface area contributed by atoms with E-state index in [1.54, 1.807) is 24.3 Å². The Morgan fingerprint density at radius 1 is 1.19 bits per heavy atom. The highest BCUT2D eigenvalue weighted by molar-refractivity contribution is 8.02. The predicted octanol–water partition coefficient (Wildman–Crippen LogP) is 4.76. The first-order chi connectivity index (χ1) is 12.7. The van der Waals surface area contributed by atoms with E-state index in [-0.39, 0.29) is 28.7 Å². The second-order valence-electron chi connectivity index (χ2n) is 6.51. The highest BCUT2D eigenvalue weighted by Crippen LogP contribution is 2.33. The Labute approximate surface area is 173 Å². The molecule has 144 valence electrons. The Morgan fingerprint density at radius 3 is 2.59 bits per heavy atom. The van der Waals surface area contributed by atoms with Gasteiger partial charge in [0.05, 0.1) is 33.2 Å². The van der Waals surface area contributed by atoms with Crippen molar-refractivity contribution >= 4 is 50.7 Å². The van der Waals surface area contributed by atoms with Gasteiger partial charge in [0, 0.05) is 10.1 Å². The molecule has 1 saturated heterocycles. The summed E-state index contributed by atoms with van der Waals surface area (Å²) in [5.41, 5.74) is 1.39. The molecule has 0 aliphatic carbocycles. The summed E-state index contributed by atoms with van der Waals surface area (Å²) in [4.78, 5) is 13.6. The van der Waals surface area contributed by atoms with Crippen molar-refractivity contribution in [2.75, 3.05) is 11.5 Å². The molecule has 0 radical (unpaired) electrons. The van der Waals surface area contributed by atoms with Gasteiger partial charge in [0.2, 0.25) is 0 Å². The van der Waals surface area contributed by atoms with E-state index < -0.39 is 9.84 Å². The van der Waals surface area contributed by atoms with Crippen molar-refractivity contribution in [3.8, 4) is 0 Å². The summed E-state index contributed by atoms with van der Waals surface area (Å²) in [7, 11) is -2.96. The van der Waals surface area contributed by atoms with Gasteiger partial charge >= 0.3 is 0 Å². The number of hydrogen-bond donors (Lipinski definition) is 1. The Morgan fingerprint density at radius 2 is 1.93 bits per heavy atom. The normalized spacial score (nSPS) is 19.6. The third kappa shape index (κ3) is 5.19. The van der Waals surface area contributed by atoms with Crippen molar-refractivity contribution in [3.63, 3.8) is 0 Å². The lowest BCUT2D eigenvalue weighted by Gasteiger charge is -2.17. The summed E-state index contributed by atoms with van der Waals surface area (Å²) in [5, 5.41) is 3.85. The number of amides is 1. The number of benzene rings is 2. The first-order valence-corrected chi connectivity index (χ1v) is 11.9. The van der Waals surface area contributed by atoms with Crippen LogP contribution in [0.1, 0.15) is 35.3 Å². The van der Waals surface area contributed by atoms with Crippen molar-refractivity contribution in [2.24, 2.45) is 0 Å². The fraction of sp³-hybridized carbons (Fsp3) is 0.316. The molecule has 1 heterocycles. The zero-order valence-corrected chi connectivity index (χ0v) is 17.8. The molecule has 0 bridgehead atoms. The third-order valence-electron chi connectivity index (χ3n) is 4.41. The molecule has 1 N–H and O–H groups in total. The topological polar surface area (TPSA) is 63.2 Å². The van der Waals surface area contributed by atoms with E-state index in [1.807, 2.05) is 25.1 Å². The van der Waals surface area contributed by atoms with Crippen molar-refractivity contribution in [2.45, 2.75) is 29.5 Å². The van der Waals surface area contributed by atoms with Gasteiger partial charge in [0.15, 0.2) is 9.84 Å². The number of hydrogen-bond acceptors (Lipinski definition) is 4. The smallest absolute Gasteiger partial charge is 0.252 e. The number of thioether (sulfide) groups is 1. The van der Waals surface area contributed by atoms with Crippen LogP contribution in [0.5, 0.6) is 0 Å². The standard InChI is InChI=1S/C19H19Cl2NO3S2/c1-12(13-6-7-16(20)17(21)10-13)22-19(23)15-4-2-3-5-18(15)26-14-8-9-27(24,25)11-14/h2-7,10,12,14H,8-9,11H2,1H3,(H,22,23). The molecule has 1 fully saturated rings. The van der Waals surface area contributed by atoms with E-state index >= 15 is 0 Å². The zero-order valence-electron chi connectivity index (χ0n) is 14.6. The molecule has 1 aliphatic heterocycles. The molecule has 0 aromatic heterocycles. The molecule has 2 aromatic carbocycles. The average Bonchev–Trinajstić information content (AvgIpc) is 2.96. The number of carbonyl (C=O) groups is 1. The van der Waals surface area contributed by atoms with E-state index in [1.165, 1.54) is 11.8 Å². The molecule has 0 saturated carbocycles. The van der Waals surface area contributed by atoms with E-state index in [0.717, 1.165) is 10.5 Å². The maximum Gasteiger partial charge on any atom is 0.252 e. The fourth-order valence-electron chi connectivity index (χ4n) is 2.93. The summed E-state index contributed by atoms with van der Waals surface area (Å²) >= 11 is 13.5. The highest BCUT2D eigenvalue weighted by Gasteiger charge is 2.29. The summed E-state index contributed by atoms with van der Waals surface area (Å²) in [6.07, 6.45) is 0.614. The first-order valence-electron chi connectivity index (χ1n) is 8.47. The van der Waals surface area contributed by atoms with Crippen molar-refractivity contribution in [1.29, 1.82) is 0 Å². The minimum atomic E-state index is -2.96. The minimum absolute atomic E-state index is 0.0172. The molecular weight excluding hydrogens is 425 g/mol. The van der Waals surface area contributed by atoms with Gasteiger partial charge in [0.25, 0.3) is 5.91 Å². The van der Waals surface area contributed by atoms with Crippen molar-refractivity contribution in [1.82, 2.24) is 5.32 Å². The number of nitrogens with one attached hydrogen (secondary N) is 1. The van der Waals surface area contributed by atoms with Crippen molar-refractivity contribution < 1.29 is 13.2 Å². The monoisotopic (exact) mass is 443 g/mol. The molecule has 2 unspecified atom stereocenters. The van der Waals surface area contributed by atoms with Crippen LogP contribution in [0.15, 0.2) is 47.4 Å². The van der Waals surface area contributed by atoms with Crippen LogP contribution in [0.2, 0.25) is 10.0 Å². The second kappa shape index (κ2) is 8.43. The maximum atomic E-state index is 12.8. The molecule has 27 heavy (non-hydrogen) atoms. The average molecular weight is 444 g/mol. The van der Waals surface area contributed by atoms with Gasteiger partial charge in [-0.3, -0.25) is 4.79 Å². The minimum Gasteiger partial charge on any atom is -0.345 e. The summed E-state index contributed by atoms with van der Waals surface area (Å²) < 4.78 is 23.4. The van der Waals surface area contributed by atoms with E-state index in [2.05, 4.69) is 5.32 Å². The molecule has 2 aromatic rings. The lowest BCUT2D eigenvalue weighted by atomic mass is 10.1. The Balaban J connectivity index is 1.74. The Hall–Kier alpha value is -1.21. The number of carbonyl (C=O) groups excluding carboxylic acids is 1. The fourth-order valence-corrected chi connectivity index (χ4v) is 6.86. The zero-order chi connectivity index (χ0) is 19.6. The molecule has 0 spiro atoms. The first kappa shape index (κ1) is 20.5. The van der Waals surface area contributed by atoms with Gasteiger partial charge in [-0.15, -0.1) is 11.8 Å². The van der Waals surface area contributed by atoms with Gasteiger partial charge in [-0.05, 0) is 43.2 Å². The van der Waals surface area contributed by atoms with Crippen LogP contribution in [-0.2, 0) is 9.84 Å². The Kier molecular flexibility index (Phi) is 6.41. The van der Waals surface area contributed by atoms with Crippen LogP contribution in [-0.4, -0.2) is 31.1 Å². The highest BCUT2D eigenvalue weighted by atomic mass is 35.5. The molecule has 4 nitrogen and oxygen atoms in total. The van der Waals surface area contributed by atoms with Crippen LogP contribution >= 0.6 is 35.0 Å². The lowest BCUT2D eigenvalue weighted by Crippen LogP contribution is -2.27. The lowest BCUT2D eigenvalue weighted by molar-refractivity contribution is 0.0937. The van der Waals surface area contributed by atoms with Gasteiger partial charge in [-0.2, -0.15) is 0 Å². The number of halogens is 2. The molecule has 8 heteroatoms. The predicted molar refractivity (Wildman–Crippen MR) is 112 cm³/mol. The number of rotatable bonds is 5. The second-order valence-corrected chi connectivity index (χ2v) is 10.9. The van der Waals surface area contributed by atoms with Gasteiger partial charge < -0.3 is 5.32 Å². The third-order valence-corrected chi connectivity index (χ3v) is 8.47. The summed E-state index contributed by atoms with van der Waals surface area (Å²) in [5.74, 6) is 0.165. The molecule has 1 amide bonds. The summed E-state index contributed by atoms with van der Waals surface area (Å²) in [6, 6.07) is 12.3. The van der Waals surface area contributed by atoms with E-state index in [4.69, 9.17) is 23.2 Å². The molecule has 3 rings (SSSR count). The van der Waals surface area contributed by atoms with E-state index in [9.17, 15) is 13.2 Å². The van der Waals surface area contributed by atoms with E-state index in [0.29, 0.717) is 22.0 Å². The molecule has 1 aliphatic rings. The van der Waals surface area contributed by atoms with Gasteiger partial charge in [0.1, 0.15) is 0 Å². The molecule has 2 atom stereocenters. The van der Waals surface area contributed by atoms with Crippen LogP contribution in [0.3, 0.4) is 0 Å². The SMILES string of the molecule is CC(NC(=O)c1ccccc1SC1CCS(=O)(=O)C1)c1ccc(Cl)c(Cl)c1. The number of sulfone groups is 1.